The van der Waals surface area contributed by atoms with Crippen LogP contribution in [0.5, 0.6) is 0 Å². The summed E-state index contributed by atoms with van der Waals surface area (Å²) in [5, 5.41) is 25.4. The van der Waals surface area contributed by atoms with Crippen LogP contribution in [0.25, 0.3) is 11.3 Å². The maximum atomic E-state index is 15.2. The third-order valence-electron chi connectivity index (χ3n) is 7.10. The van der Waals surface area contributed by atoms with Crippen molar-refractivity contribution in [1.82, 2.24) is 20.4 Å². The van der Waals surface area contributed by atoms with E-state index in [0.29, 0.717) is 30.6 Å². The van der Waals surface area contributed by atoms with Crippen molar-refractivity contribution < 1.29 is 27.5 Å². The van der Waals surface area contributed by atoms with Crippen LogP contribution in [0.1, 0.15) is 22.8 Å². The third kappa shape index (κ3) is 5.52. The molecular weight excluding hydrogens is 540 g/mol. The van der Waals surface area contributed by atoms with Crippen molar-refractivity contribution in [2.75, 3.05) is 24.7 Å². The highest BCUT2D eigenvalue weighted by molar-refractivity contribution is 6.07. The predicted octanol–water partition coefficient (Wildman–Crippen LogP) is 4.26. The number of hydrogen-bond donors (Lipinski definition) is 3. The van der Waals surface area contributed by atoms with E-state index in [4.69, 9.17) is 10.2 Å². The van der Waals surface area contributed by atoms with Gasteiger partial charge < -0.3 is 15.7 Å². The molecule has 2 atom stereocenters. The number of alkyl halides is 3. The molecule has 1 amide bonds. The minimum Gasteiger partial charge on any atom is -0.395 e. The van der Waals surface area contributed by atoms with E-state index < -0.39 is 46.2 Å². The minimum absolute atomic E-state index is 0.00585. The highest BCUT2D eigenvalue weighted by Crippen LogP contribution is 2.41. The number of aryl methyl sites for hydroxylation is 1. The summed E-state index contributed by atoms with van der Waals surface area (Å²) >= 11 is 0. The lowest BCUT2D eigenvalue weighted by Crippen LogP contribution is -2.53. The fourth-order valence-corrected chi connectivity index (χ4v) is 4.92. The summed E-state index contributed by atoms with van der Waals surface area (Å²) in [7, 11) is 1.55. The molecule has 2 heterocycles. The summed E-state index contributed by atoms with van der Waals surface area (Å²) in [6.07, 6.45) is 1.42. The number of allylic oxidation sites excluding steroid dienone is 1. The third-order valence-corrected chi connectivity index (χ3v) is 7.10. The van der Waals surface area contributed by atoms with Crippen LogP contribution < -0.4 is 15.6 Å². The number of aliphatic hydroxyl groups is 1. The lowest BCUT2D eigenvalue weighted by Gasteiger charge is -2.35. The zero-order valence-electron chi connectivity index (χ0n) is 22.3. The molecule has 1 aromatic heterocycles. The van der Waals surface area contributed by atoms with Gasteiger partial charge in [0.2, 0.25) is 0 Å². The summed E-state index contributed by atoms with van der Waals surface area (Å²) in [5.74, 6) is -2.20. The average molecular weight is 569 g/mol. The zero-order valence-corrected chi connectivity index (χ0v) is 22.3. The second-order valence-electron chi connectivity index (χ2n) is 10.0. The van der Waals surface area contributed by atoms with Crippen molar-refractivity contribution in [2.24, 2.45) is 17.6 Å². The van der Waals surface area contributed by atoms with Crippen LogP contribution in [-0.2, 0) is 13.2 Å². The Balaban J connectivity index is 1.52. The molecule has 41 heavy (non-hydrogen) atoms. The van der Waals surface area contributed by atoms with E-state index in [9.17, 15) is 18.0 Å². The molecule has 0 spiro atoms. The van der Waals surface area contributed by atoms with Crippen LogP contribution in [0.3, 0.4) is 0 Å². The van der Waals surface area contributed by atoms with Crippen molar-refractivity contribution in [1.29, 1.82) is 0 Å². The maximum absolute atomic E-state index is 15.2. The van der Waals surface area contributed by atoms with E-state index in [1.807, 2.05) is 43.4 Å². The molecule has 8 nitrogen and oxygen atoms in total. The first-order chi connectivity index (χ1) is 19.5. The highest BCUT2D eigenvalue weighted by atomic mass is 19.4. The number of benzene rings is 2. The normalized spacial score (nSPS) is 20.1. The van der Waals surface area contributed by atoms with E-state index in [0.717, 1.165) is 11.6 Å². The van der Waals surface area contributed by atoms with Gasteiger partial charge in [0.05, 0.1) is 40.2 Å². The molecule has 1 aliphatic carbocycles. The van der Waals surface area contributed by atoms with Crippen molar-refractivity contribution in [3.63, 3.8) is 0 Å². The molecular formula is C29H28F4N6O2. The van der Waals surface area contributed by atoms with Crippen molar-refractivity contribution >= 4 is 17.3 Å². The second-order valence-corrected chi connectivity index (χ2v) is 10.0. The van der Waals surface area contributed by atoms with E-state index in [-0.39, 0.29) is 12.3 Å². The fourth-order valence-electron chi connectivity index (χ4n) is 4.92. The van der Waals surface area contributed by atoms with Crippen molar-refractivity contribution in [3.8, 4) is 11.3 Å². The Morgan fingerprint density at radius 3 is 2.59 bits per heavy atom. The molecule has 2 aliphatic rings. The van der Waals surface area contributed by atoms with Gasteiger partial charge in [-0.1, -0.05) is 30.4 Å². The van der Waals surface area contributed by atoms with E-state index in [2.05, 4.69) is 15.7 Å². The Labute approximate surface area is 233 Å². The lowest BCUT2D eigenvalue weighted by molar-refractivity contribution is -0.137. The number of carbonyl (C=O) groups is 1. The predicted molar refractivity (Wildman–Crippen MR) is 146 cm³/mol. The molecule has 0 saturated carbocycles. The number of halogens is 4. The van der Waals surface area contributed by atoms with Gasteiger partial charge in [-0.3, -0.25) is 9.48 Å². The number of aromatic nitrogens is 2. The van der Waals surface area contributed by atoms with Gasteiger partial charge in [0, 0.05) is 31.9 Å². The standard InChI is InChI=1S/C29H28F4N6O2/c1-28-10-8-18(17-34-11-13-40)14-25(28)37-39(19-6-4-3-5-7-19)27(28)35-26(41)21-15-20(24-9-12-38(2)36-24)22(16-23(21)30)29(31,32)33/h3-10,12,14-16,27,34,40H,11,13,17H2,1-2H3,(H,35,41). The van der Waals surface area contributed by atoms with Gasteiger partial charge in [-0.2, -0.15) is 23.4 Å². The van der Waals surface area contributed by atoms with Gasteiger partial charge in [-0.05, 0) is 48.9 Å². The first-order valence-electron chi connectivity index (χ1n) is 12.9. The number of anilines is 1. The van der Waals surface area contributed by atoms with Gasteiger partial charge >= 0.3 is 6.18 Å². The number of hydrogen-bond acceptors (Lipinski definition) is 6. The number of rotatable bonds is 8. The van der Waals surface area contributed by atoms with Crippen molar-refractivity contribution in [2.45, 2.75) is 19.3 Å². The van der Waals surface area contributed by atoms with Gasteiger partial charge in [-0.15, -0.1) is 0 Å². The molecule has 3 N–H and O–H groups in total. The Hall–Kier alpha value is -4.29. The average Bonchev–Trinajstić information content (AvgIpc) is 3.49. The Kier molecular flexibility index (Phi) is 7.54. The summed E-state index contributed by atoms with van der Waals surface area (Å²) in [5.41, 5.74) is -0.867. The van der Waals surface area contributed by atoms with Crippen LogP contribution >= 0.6 is 0 Å². The molecule has 0 radical (unpaired) electrons. The van der Waals surface area contributed by atoms with Gasteiger partial charge in [0.1, 0.15) is 12.0 Å². The van der Waals surface area contributed by atoms with Gasteiger partial charge in [0.15, 0.2) is 0 Å². The van der Waals surface area contributed by atoms with Crippen LogP contribution in [0.4, 0.5) is 23.2 Å². The lowest BCUT2D eigenvalue weighted by atomic mass is 9.78. The van der Waals surface area contributed by atoms with Crippen LogP contribution in [0.15, 0.2) is 83.6 Å². The molecule has 0 saturated heterocycles. The Bertz CT molecular complexity index is 1550. The number of fused-ring (bicyclic) bond motifs is 1. The van der Waals surface area contributed by atoms with Crippen LogP contribution in [0, 0.1) is 11.2 Å². The topological polar surface area (TPSA) is 94.8 Å². The molecule has 0 fully saturated rings. The SMILES string of the molecule is Cn1ccc(-c2cc(C(=O)NC3N(c4ccccc4)N=C4C=C(CNCCO)C=CC43C)c(F)cc2C(F)(F)F)n1. The summed E-state index contributed by atoms with van der Waals surface area (Å²) < 4.78 is 58.0. The smallest absolute Gasteiger partial charge is 0.395 e. The molecule has 2 unspecified atom stereocenters. The Morgan fingerprint density at radius 2 is 1.93 bits per heavy atom. The number of amides is 1. The second kappa shape index (κ2) is 10.9. The fraction of sp³-hybridized carbons (Fsp3) is 0.276. The van der Waals surface area contributed by atoms with Gasteiger partial charge in [-0.25, -0.2) is 9.40 Å². The number of para-hydroxylation sites is 1. The first kappa shape index (κ1) is 28.2. The number of nitrogens with one attached hydrogen (secondary N) is 2. The zero-order chi connectivity index (χ0) is 29.4. The van der Waals surface area contributed by atoms with Gasteiger partial charge in [0.25, 0.3) is 5.91 Å². The molecule has 3 aromatic rings. The molecule has 214 valence electrons. The van der Waals surface area contributed by atoms with Crippen LogP contribution in [-0.4, -0.2) is 52.4 Å². The van der Waals surface area contributed by atoms with Crippen molar-refractivity contribution in [3.05, 3.63) is 95.5 Å². The van der Waals surface area contributed by atoms with Crippen LogP contribution in [0.2, 0.25) is 0 Å². The van der Waals surface area contributed by atoms with E-state index in [1.54, 1.807) is 24.2 Å². The van der Waals surface area contributed by atoms with E-state index >= 15 is 4.39 Å². The minimum atomic E-state index is -4.86. The monoisotopic (exact) mass is 568 g/mol. The summed E-state index contributed by atoms with van der Waals surface area (Å²) in [6.45, 7) is 2.77. The maximum Gasteiger partial charge on any atom is 0.417 e. The Morgan fingerprint density at radius 1 is 1.17 bits per heavy atom. The summed E-state index contributed by atoms with van der Waals surface area (Å²) in [4.78, 5) is 13.6. The number of hydrazone groups is 1. The molecule has 2 aromatic carbocycles. The molecule has 12 heteroatoms. The number of carbonyl (C=O) groups excluding carboxylic acids is 1. The quantitative estimate of drug-likeness (QED) is 0.279. The van der Waals surface area contributed by atoms with E-state index in [1.165, 1.54) is 16.9 Å². The first-order valence-corrected chi connectivity index (χ1v) is 12.9. The number of nitrogens with zero attached hydrogens (tertiary/aromatic N) is 4. The highest BCUT2D eigenvalue weighted by Gasteiger charge is 2.48. The summed E-state index contributed by atoms with van der Waals surface area (Å²) in [6, 6.07) is 11.6. The largest absolute Gasteiger partial charge is 0.417 e. The molecule has 5 rings (SSSR count). The number of aliphatic hydroxyl groups excluding tert-OH is 1. The molecule has 1 aliphatic heterocycles. The molecule has 0 bridgehead atoms.